The minimum Gasteiger partial charge on any atom is -0.481 e. The van der Waals surface area contributed by atoms with Gasteiger partial charge in [0.25, 0.3) is 5.91 Å². The first-order chi connectivity index (χ1) is 12.1. The van der Waals surface area contributed by atoms with Gasteiger partial charge in [-0.15, -0.1) is 0 Å². The van der Waals surface area contributed by atoms with Crippen molar-refractivity contribution in [2.75, 3.05) is 6.54 Å². The van der Waals surface area contributed by atoms with Gasteiger partial charge in [-0.2, -0.15) is 5.26 Å². The van der Waals surface area contributed by atoms with Gasteiger partial charge in [0.05, 0.1) is 17.7 Å². The molecule has 128 valence electrons. The fourth-order valence-electron chi connectivity index (χ4n) is 3.19. The Morgan fingerprint density at radius 1 is 1.32 bits per heavy atom. The van der Waals surface area contributed by atoms with Gasteiger partial charge in [-0.1, -0.05) is 12.1 Å². The lowest BCUT2D eigenvalue weighted by atomic mass is 10.0. The van der Waals surface area contributed by atoms with Crippen LogP contribution in [-0.2, 0) is 4.79 Å². The van der Waals surface area contributed by atoms with E-state index in [2.05, 4.69) is 0 Å². The Kier molecular flexibility index (Phi) is 4.99. The molecule has 4 nitrogen and oxygen atoms in total. The fourth-order valence-corrected chi connectivity index (χ4v) is 3.19. The number of benzene rings is 2. The van der Waals surface area contributed by atoms with E-state index in [0.29, 0.717) is 17.9 Å². The lowest BCUT2D eigenvalue weighted by Crippen LogP contribution is -2.40. The molecule has 2 aromatic rings. The summed E-state index contributed by atoms with van der Waals surface area (Å²) in [4.78, 5) is 14.6. The molecule has 1 saturated heterocycles. The maximum absolute atomic E-state index is 13.5. The standard InChI is InChI=1S/C20H19FN2O2/c1-14(25-18-9-7-15(13-22)8-10-18)20(24)23-11-3-6-19(23)16-4-2-5-17(21)12-16/h2,4-5,7-10,12,14,19H,3,6,11H2,1H3. The number of carbonyl (C=O) groups excluding carboxylic acids is 1. The van der Waals surface area contributed by atoms with Crippen molar-refractivity contribution in [1.29, 1.82) is 5.26 Å². The number of nitrogens with zero attached hydrogens (tertiary/aromatic N) is 2. The molecule has 5 heteroatoms. The van der Waals surface area contributed by atoms with Crippen LogP contribution in [0.25, 0.3) is 0 Å². The fraction of sp³-hybridized carbons (Fsp3) is 0.300. The van der Waals surface area contributed by atoms with Gasteiger partial charge in [-0.3, -0.25) is 4.79 Å². The Morgan fingerprint density at radius 2 is 2.08 bits per heavy atom. The first kappa shape index (κ1) is 17.0. The van der Waals surface area contributed by atoms with Gasteiger partial charge in [0, 0.05) is 6.54 Å². The van der Waals surface area contributed by atoms with E-state index in [9.17, 15) is 9.18 Å². The second kappa shape index (κ2) is 7.35. The van der Waals surface area contributed by atoms with Crippen LogP contribution in [0.4, 0.5) is 4.39 Å². The minimum absolute atomic E-state index is 0.115. The van der Waals surface area contributed by atoms with Crippen LogP contribution >= 0.6 is 0 Å². The molecule has 25 heavy (non-hydrogen) atoms. The van der Waals surface area contributed by atoms with Crippen molar-refractivity contribution in [3.8, 4) is 11.8 Å². The number of nitriles is 1. The molecule has 0 N–H and O–H groups in total. The van der Waals surface area contributed by atoms with E-state index in [1.807, 2.05) is 12.1 Å². The summed E-state index contributed by atoms with van der Waals surface area (Å²) in [7, 11) is 0. The quantitative estimate of drug-likeness (QED) is 0.851. The number of carbonyl (C=O) groups is 1. The Bertz CT molecular complexity index is 798. The normalized spacial score (nSPS) is 17.8. The number of likely N-dealkylation sites (tertiary alicyclic amines) is 1. The Balaban J connectivity index is 1.71. The van der Waals surface area contributed by atoms with E-state index < -0.39 is 6.10 Å². The van der Waals surface area contributed by atoms with Crippen molar-refractivity contribution >= 4 is 5.91 Å². The zero-order chi connectivity index (χ0) is 17.8. The summed E-state index contributed by atoms with van der Waals surface area (Å²) in [6, 6.07) is 15.0. The van der Waals surface area contributed by atoms with Crippen LogP contribution in [-0.4, -0.2) is 23.5 Å². The van der Waals surface area contributed by atoms with Gasteiger partial charge in [0.15, 0.2) is 6.10 Å². The Morgan fingerprint density at radius 3 is 2.76 bits per heavy atom. The highest BCUT2D eigenvalue weighted by Crippen LogP contribution is 2.33. The van der Waals surface area contributed by atoms with Crippen LogP contribution in [0.15, 0.2) is 48.5 Å². The monoisotopic (exact) mass is 338 g/mol. The van der Waals surface area contributed by atoms with Gasteiger partial charge in [0.1, 0.15) is 11.6 Å². The van der Waals surface area contributed by atoms with Gasteiger partial charge in [-0.05, 0) is 61.7 Å². The van der Waals surface area contributed by atoms with E-state index in [0.717, 1.165) is 18.4 Å². The summed E-state index contributed by atoms with van der Waals surface area (Å²) < 4.78 is 19.2. The van der Waals surface area contributed by atoms with Crippen LogP contribution in [0.3, 0.4) is 0 Å². The molecular weight excluding hydrogens is 319 g/mol. The number of amides is 1. The van der Waals surface area contributed by atoms with E-state index in [-0.39, 0.29) is 17.8 Å². The Hall–Kier alpha value is -2.87. The van der Waals surface area contributed by atoms with Crippen molar-refractivity contribution in [3.05, 3.63) is 65.5 Å². The van der Waals surface area contributed by atoms with Gasteiger partial charge < -0.3 is 9.64 Å². The van der Waals surface area contributed by atoms with Crippen LogP contribution in [0.2, 0.25) is 0 Å². The average Bonchev–Trinajstić information content (AvgIpc) is 3.11. The molecule has 1 aliphatic heterocycles. The second-order valence-electron chi connectivity index (χ2n) is 6.14. The molecule has 0 radical (unpaired) electrons. The summed E-state index contributed by atoms with van der Waals surface area (Å²) in [6.45, 7) is 2.35. The van der Waals surface area contributed by atoms with E-state index >= 15 is 0 Å². The molecule has 2 aromatic carbocycles. The third-order valence-corrected chi connectivity index (χ3v) is 4.41. The second-order valence-corrected chi connectivity index (χ2v) is 6.14. The summed E-state index contributed by atoms with van der Waals surface area (Å²) in [5.74, 6) is 0.135. The smallest absolute Gasteiger partial charge is 0.263 e. The molecule has 1 fully saturated rings. The SMILES string of the molecule is CC(Oc1ccc(C#N)cc1)C(=O)N1CCCC1c1cccc(F)c1. The molecule has 1 amide bonds. The number of ether oxygens (including phenoxy) is 1. The van der Waals surface area contributed by atoms with E-state index in [1.54, 1.807) is 42.2 Å². The lowest BCUT2D eigenvalue weighted by Gasteiger charge is -2.28. The molecule has 0 spiro atoms. The van der Waals surface area contributed by atoms with Crippen molar-refractivity contribution < 1.29 is 13.9 Å². The highest BCUT2D eigenvalue weighted by molar-refractivity contribution is 5.81. The summed E-state index contributed by atoms with van der Waals surface area (Å²) in [5, 5.41) is 8.82. The predicted octanol–water partition coefficient (Wildman–Crippen LogP) is 3.83. The summed E-state index contributed by atoms with van der Waals surface area (Å²) in [5.41, 5.74) is 1.36. The number of hydrogen-bond donors (Lipinski definition) is 0. The van der Waals surface area contributed by atoms with Crippen molar-refractivity contribution in [3.63, 3.8) is 0 Å². The molecule has 0 saturated carbocycles. The van der Waals surface area contributed by atoms with Crippen molar-refractivity contribution in [2.24, 2.45) is 0 Å². The van der Waals surface area contributed by atoms with Crippen molar-refractivity contribution in [1.82, 2.24) is 4.90 Å². The molecule has 0 aliphatic carbocycles. The first-order valence-electron chi connectivity index (χ1n) is 8.31. The molecule has 1 heterocycles. The van der Waals surface area contributed by atoms with Gasteiger partial charge >= 0.3 is 0 Å². The molecule has 0 aromatic heterocycles. The Labute approximate surface area is 146 Å². The van der Waals surface area contributed by atoms with E-state index in [4.69, 9.17) is 10.00 Å². The van der Waals surface area contributed by atoms with E-state index in [1.165, 1.54) is 12.1 Å². The molecule has 0 bridgehead atoms. The van der Waals surface area contributed by atoms with Crippen LogP contribution in [0, 0.1) is 17.1 Å². The summed E-state index contributed by atoms with van der Waals surface area (Å²) >= 11 is 0. The third kappa shape index (κ3) is 3.80. The maximum Gasteiger partial charge on any atom is 0.263 e. The molecular formula is C20H19FN2O2. The highest BCUT2D eigenvalue weighted by Gasteiger charge is 2.33. The maximum atomic E-state index is 13.5. The third-order valence-electron chi connectivity index (χ3n) is 4.41. The first-order valence-corrected chi connectivity index (χ1v) is 8.31. The average molecular weight is 338 g/mol. The molecule has 3 rings (SSSR count). The minimum atomic E-state index is -0.651. The zero-order valence-corrected chi connectivity index (χ0v) is 14.0. The predicted molar refractivity (Wildman–Crippen MR) is 91.3 cm³/mol. The van der Waals surface area contributed by atoms with Gasteiger partial charge in [-0.25, -0.2) is 4.39 Å². The lowest BCUT2D eigenvalue weighted by molar-refractivity contribution is -0.138. The zero-order valence-electron chi connectivity index (χ0n) is 14.0. The number of halogens is 1. The molecule has 2 atom stereocenters. The van der Waals surface area contributed by atoms with Crippen LogP contribution < -0.4 is 4.74 Å². The van der Waals surface area contributed by atoms with Crippen molar-refractivity contribution in [2.45, 2.75) is 31.9 Å². The molecule has 2 unspecified atom stereocenters. The number of rotatable bonds is 4. The number of hydrogen-bond acceptors (Lipinski definition) is 3. The molecule has 1 aliphatic rings. The summed E-state index contributed by atoms with van der Waals surface area (Å²) in [6.07, 6.45) is 1.05. The topological polar surface area (TPSA) is 53.3 Å². The van der Waals surface area contributed by atoms with Gasteiger partial charge in [0.2, 0.25) is 0 Å². The van der Waals surface area contributed by atoms with Crippen LogP contribution in [0.5, 0.6) is 5.75 Å². The van der Waals surface area contributed by atoms with Crippen LogP contribution in [0.1, 0.15) is 36.9 Å². The highest BCUT2D eigenvalue weighted by atomic mass is 19.1. The largest absolute Gasteiger partial charge is 0.481 e.